The first-order chi connectivity index (χ1) is 11.7. The highest BCUT2D eigenvalue weighted by Crippen LogP contribution is 2.40. The quantitative estimate of drug-likeness (QED) is 0.739. The van der Waals surface area contributed by atoms with E-state index in [1.807, 2.05) is 11.8 Å². The summed E-state index contributed by atoms with van der Waals surface area (Å²) in [6.07, 6.45) is 5.48. The molecule has 2 aliphatic rings. The number of likely N-dealkylation sites (tertiary alicyclic amines) is 1. The predicted molar refractivity (Wildman–Crippen MR) is 96.6 cm³/mol. The van der Waals surface area contributed by atoms with Crippen LogP contribution in [0.4, 0.5) is 0 Å². The van der Waals surface area contributed by atoms with Crippen LogP contribution in [0, 0.1) is 0 Å². The molecule has 0 N–H and O–H groups in total. The van der Waals surface area contributed by atoms with Crippen LogP contribution in [0.2, 0.25) is 0 Å². The number of nitrogens with zero attached hydrogens (tertiary/aromatic N) is 4. The number of amides is 1. The summed E-state index contributed by atoms with van der Waals surface area (Å²) in [6, 6.07) is 4.74. The van der Waals surface area contributed by atoms with Crippen LogP contribution in [0.1, 0.15) is 49.4 Å². The Morgan fingerprint density at radius 1 is 1.38 bits per heavy atom. The molecular formula is C17H22N4OS2. The van der Waals surface area contributed by atoms with Gasteiger partial charge in [0.1, 0.15) is 5.82 Å². The van der Waals surface area contributed by atoms with E-state index < -0.39 is 0 Å². The summed E-state index contributed by atoms with van der Waals surface area (Å²) in [6.45, 7) is 3.81. The molecule has 3 heterocycles. The van der Waals surface area contributed by atoms with Crippen LogP contribution in [0.15, 0.2) is 22.7 Å². The van der Waals surface area contributed by atoms with Gasteiger partial charge in [-0.2, -0.15) is 0 Å². The third-order valence-electron chi connectivity index (χ3n) is 4.61. The maximum Gasteiger partial charge on any atom is 0.235 e. The van der Waals surface area contributed by atoms with Gasteiger partial charge < -0.3 is 9.47 Å². The first-order valence-corrected chi connectivity index (χ1v) is 10.4. The topological polar surface area (TPSA) is 51.0 Å². The van der Waals surface area contributed by atoms with E-state index in [0.29, 0.717) is 6.04 Å². The molecule has 2 aromatic rings. The van der Waals surface area contributed by atoms with Gasteiger partial charge in [0.2, 0.25) is 5.91 Å². The molecule has 7 heteroatoms. The van der Waals surface area contributed by atoms with Gasteiger partial charge >= 0.3 is 0 Å². The van der Waals surface area contributed by atoms with Crippen molar-refractivity contribution in [3.8, 4) is 0 Å². The van der Waals surface area contributed by atoms with Crippen molar-refractivity contribution in [2.75, 3.05) is 13.1 Å². The highest BCUT2D eigenvalue weighted by atomic mass is 32.2. The molecule has 1 aliphatic heterocycles. The van der Waals surface area contributed by atoms with Crippen molar-refractivity contribution in [3.05, 3.63) is 28.2 Å². The van der Waals surface area contributed by atoms with Crippen molar-refractivity contribution in [2.24, 2.45) is 0 Å². The zero-order chi connectivity index (χ0) is 16.5. The molecule has 1 atom stereocenters. The molecule has 2 fully saturated rings. The Hall–Kier alpha value is -1.34. The van der Waals surface area contributed by atoms with Gasteiger partial charge in [-0.15, -0.1) is 21.5 Å². The SMILES string of the molecule is C[C@@H](Sc1nnc(Cc2cccs2)n1C1CC1)C(=O)N1CCCC1. The van der Waals surface area contributed by atoms with Crippen molar-refractivity contribution in [3.63, 3.8) is 0 Å². The van der Waals surface area contributed by atoms with Gasteiger partial charge in [-0.3, -0.25) is 4.79 Å². The van der Waals surface area contributed by atoms with Crippen LogP contribution in [-0.2, 0) is 11.2 Å². The third kappa shape index (κ3) is 3.37. The Balaban J connectivity index is 1.50. The summed E-state index contributed by atoms with van der Waals surface area (Å²) < 4.78 is 2.28. The van der Waals surface area contributed by atoms with Crippen molar-refractivity contribution in [2.45, 2.75) is 55.5 Å². The molecule has 2 aromatic heterocycles. The molecule has 1 saturated carbocycles. The van der Waals surface area contributed by atoms with Crippen LogP contribution in [0.5, 0.6) is 0 Å². The van der Waals surface area contributed by atoms with Crippen LogP contribution in [-0.4, -0.2) is 43.9 Å². The van der Waals surface area contributed by atoms with Crippen LogP contribution in [0.25, 0.3) is 0 Å². The molecule has 0 radical (unpaired) electrons. The Labute approximate surface area is 150 Å². The van der Waals surface area contributed by atoms with Gasteiger partial charge in [0.05, 0.1) is 5.25 Å². The molecule has 0 spiro atoms. The average Bonchev–Trinajstić information content (AvgIpc) is 3.01. The molecular weight excluding hydrogens is 340 g/mol. The lowest BCUT2D eigenvalue weighted by atomic mass is 10.3. The standard InChI is InChI=1S/C17H22N4OS2/c1-12(16(22)20-8-2-3-9-20)24-17-19-18-15(21(17)13-6-7-13)11-14-5-4-10-23-14/h4-5,10,12-13H,2-3,6-9,11H2,1H3/t12-/m1/s1. The molecule has 5 nitrogen and oxygen atoms in total. The van der Waals surface area contributed by atoms with E-state index in [-0.39, 0.29) is 11.2 Å². The van der Waals surface area contributed by atoms with Gasteiger partial charge in [0.25, 0.3) is 0 Å². The maximum absolute atomic E-state index is 12.6. The summed E-state index contributed by atoms with van der Waals surface area (Å²) in [5.41, 5.74) is 0. The first-order valence-electron chi connectivity index (χ1n) is 8.64. The van der Waals surface area contributed by atoms with Gasteiger partial charge in [0, 0.05) is 30.4 Å². The molecule has 0 unspecified atom stereocenters. The monoisotopic (exact) mass is 362 g/mol. The first kappa shape index (κ1) is 16.1. The van der Waals surface area contributed by atoms with Crippen LogP contribution >= 0.6 is 23.1 Å². The summed E-state index contributed by atoms with van der Waals surface area (Å²) in [5.74, 6) is 1.27. The summed E-state index contributed by atoms with van der Waals surface area (Å²) >= 11 is 3.32. The fourth-order valence-electron chi connectivity index (χ4n) is 3.18. The lowest BCUT2D eigenvalue weighted by Gasteiger charge is -2.19. The number of aromatic nitrogens is 3. The number of thiophene rings is 1. The summed E-state index contributed by atoms with van der Waals surface area (Å²) in [7, 11) is 0. The van der Waals surface area contributed by atoms with E-state index in [0.717, 1.165) is 43.3 Å². The predicted octanol–water partition coefficient (Wildman–Crippen LogP) is 3.37. The van der Waals surface area contributed by atoms with Crippen molar-refractivity contribution in [1.82, 2.24) is 19.7 Å². The number of carbonyl (C=O) groups is 1. The molecule has 1 aliphatic carbocycles. The lowest BCUT2D eigenvalue weighted by Crippen LogP contribution is -2.34. The van der Waals surface area contributed by atoms with Crippen LogP contribution in [0.3, 0.4) is 0 Å². The Morgan fingerprint density at radius 3 is 2.83 bits per heavy atom. The number of thioether (sulfide) groups is 1. The van der Waals surface area contributed by atoms with Gasteiger partial charge in [-0.05, 0) is 44.1 Å². The molecule has 1 saturated heterocycles. The van der Waals surface area contributed by atoms with E-state index in [9.17, 15) is 4.79 Å². The lowest BCUT2D eigenvalue weighted by molar-refractivity contribution is -0.129. The normalized spacial score (nSPS) is 19.0. The number of rotatable bonds is 6. The Kier molecular flexibility index (Phi) is 4.63. The fourth-order valence-corrected chi connectivity index (χ4v) is 4.90. The van der Waals surface area contributed by atoms with E-state index in [1.54, 1.807) is 23.1 Å². The van der Waals surface area contributed by atoms with E-state index in [4.69, 9.17) is 0 Å². The highest BCUT2D eigenvalue weighted by molar-refractivity contribution is 8.00. The Morgan fingerprint density at radius 2 is 2.17 bits per heavy atom. The van der Waals surface area contributed by atoms with Crippen molar-refractivity contribution < 1.29 is 4.79 Å². The van der Waals surface area contributed by atoms with E-state index >= 15 is 0 Å². The average molecular weight is 363 g/mol. The smallest absolute Gasteiger partial charge is 0.235 e. The fraction of sp³-hybridized carbons (Fsp3) is 0.588. The van der Waals surface area contributed by atoms with Gasteiger partial charge in [-0.1, -0.05) is 17.8 Å². The molecule has 0 bridgehead atoms. The number of hydrogen-bond acceptors (Lipinski definition) is 5. The third-order valence-corrected chi connectivity index (χ3v) is 6.53. The van der Waals surface area contributed by atoms with Gasteiger partial charge in [-0.25, -0.2) is 0 Å². The Bertz CT molecular complexity index is 702. The number of carbonyl (C=O) groups excluding carboxylic acids is 1. The zero-order valence-electron chi connectivity index (χ0n) is 13.9. The van der Waals surface area contributed by atoms with Crippen LogP contribution < -0.4 is 0 Å². The second-order valence-electron chi connectivity index (χ2n) is 6.55. The highest BCUT2D eigenvalue weighted by Gasteiger charge is 2.32. The zero-order valence-corrected chi connectivity index (χ0v) is 15.5. The molecule has 1 amide bonds. The number of hydrogen-bond donors (Lipinski definition) is 0. The summed E-state index contributed by atoms with van der Waals surface area (Å²) in [4.78, 5) is 15.9. The summed E-state index contributed by atoms with van der Waals surface area (Å²) in [5, 5.41) is 11.8. The maximum atomic E-state index is 12.6. The molecule has 128 valence electrons. The minimum atomic E-state index is -0.0978. The minimum absolute atomic E-state index is 0.0978. The molecule has 24 heavy (non-hydrogen) atoms. The van der Waals surface area contributed by atoms with E-state index in [2.05, 4.69) is 32.3 Å². The van der Waals surface area contributed by atoms with E-state index in [1.165, 1.54) is 17.7 Å². The van der Waals surface area contributed by atoms with Crippen molar-refractivity contribution in [1.29, 1.82) is 0 Å². The van der Waals surface area contributed by atoms with Gasteiger partial charge in [0.15, 0.2) is 5.16 Å². The molecule has 0 aromatic carbocycles. The molecule has 4 rings (SSSR count). The second kappa shape index (κ2) is 6.88. The minimum Gasteiger partial charge on any atom is -0.342 e. The van der Waals surface area contributed by atoms with Crippen molar-refractivity contribution >= 4 is 29.0 Å². The largest absolute Gasteiger partial charge is 0.342 e. The second-order valence-corrected chi connectivity index (χ2v) is 8.89.